The molecule has 18 heavy (non-hydrogen) atoms. The molecule has 0 bridgehead atoms. The van der Waals surface area contributed by atoms with Crippen molar-refractivity contribution in [2.45, 2.75) is 33.2 Å². The molecule has 0 fully saturated rings. The van der Waals surface area contributed by atoms with Gasteiger partial charge in [0.1, 0.15) is 0 Å². The van der Waals surface area contributed by atoms with Gasteiger partial charge in [0.25, 0.3) is 0 Å². The molecule has 0 aliphatic rings. The number of aryl methyl sites for hydroxylation is 1. The highest BCUT2D eigenvalue weighted by Gasteiger charge is 2.00. The van der Waals surface area contributed by atoms with Crippen molar-refractivity contribution in [2.24, 2.45) is 0 Å². The quantitative estimate of drug-likeness (QED) is 0.814. The monoisotopic (exact) mass is 245 g/mol. The van der Waals surface area contributed by atoms with Crippen LogP contribution in [0.5, 0.6) is 0 Å². The maximum atomic E-state index is 9.07. The lowest BCUT2D eigenvalue weighted by molar-refractivity contribution is 0.281. The third-order valence-electron chi connectivity index (χ3n) is 2.91. The Morgan fingerprint density at radius 2 is 2.06 bits per heavy atom. The van der Waals surface area contributed by atoms with E-state index in [-0.39, 0.29) is 6.61 Å². The van der Waals surface area contributed by atoms with Crippen LogP contribution < -0.4 is 5.32 Å². The zero-order valence-electron chi connectivity index (χ0n) is 10.6. The van der Waals surface area contributed by atoms with Gasteiger partial charge in [-0.1, -0.05) is 24.3 Å². The van der Waals surface area contributed by atoms with E-state index in [4.69, 9.17) is 5.11 Å². The first-order valence-corrected chi connectivity index (χ1v) is 6.23. The summed E-state index contributed by atoms with van der Waals surface area (Å²) >= 11 is 0. The third kappa shape index (κ3) is 3.18. The van der Waals surface area contributed by atoms with Crippen molar-refractivity contribution in [3.8, 4) is 0 Å². The number of hydrogen-bond donors (Lipinski definition) is 2. The van der Waals surface area contributed by atoms with Gasteiger partial charge in [-0.3, -0.25) is 4.68 Å². The Kier molecular flexibility index (Phi) is 4.50. The molecule has 1 aromatic carbocycles. The van der Waals surface area contributed by atoms with Gasteiger partial charge >= 0.3 is 0 Å². The van der Waals surface area contributed by atoms with Crippen LogP contribution in [0, 0.1) is 0 Å². The highest BCUT2D eigenvalue weighted by Crippen LogP contribution is 2.05. The van der Waals surface area contributed by atoms with Crippen molar-refractivity contribution in [1.29, 1.82) is 0 Å². The molecule has 4 nitrogen and oxygen atoms in total. The molecule has 4 heteroatoms. The molecule has 0 aliphatic heterocycles. The van der Waals surface area contributed by atoms with Gasteiger partial charge in [0.15, 0.2) is 0 Å². The summed E-state index contributed by atoms with van der Waals surface area (Å²) in [5.74, 6) is 0. The average Bonchev–Trinajstić information content (AvgIpc) is 2.86. The maximum absolute atomic E-state index is 9.07. The number of rotatable bonds is 6. The molecule has 1 aromatic heterocycles. The Hall–Kier alpha value is -1.65. The summed E-state index contributed by atoms with van der Waals surface area (Å²) in [6.45, 7) is 4.67. The molecule has 0 saturated carbocycles. The Bertz CT molecular complexity index is 493. The van der Waals surface area contributed by atoms with E-state index in [9.17, 15) is 0 Å². The lowest BCUT2D eigenvalue weighted by Gasteiger charge is -2.07. The molecule has 0 radical (unpaired) electrons. The first-order chi connectivity index (χ1) is 8.83. The maximum Gasteiger partial charge on any atom is 0.0681 e. The molecule has 0 saturated heterocycles. The van der Waals surface area contributed by atoms with Crippen LogP contribution >= 0.6 is 0 Å². The van der Waals surface area contributed by atoms with Gasteiger partial charge in [-0.25, -0.2) is 0 Å². The van der Waals surface area contributed by atoms with Gasteiger partial charge in [0.05, 0.1) is 12.3 Å². The van der Waals surface area contributed by atoms with Crippen molar-refractivity contribution in [3.05, 3.63) is 53.3 Å². The number of nitrogens with zero attached hydrogens (tertiary/aromatic N) is 2. The summed E-state index contributed by atoms with van der Waals surface area (Å²) in [6, 6.07) is 10.0. The second kappa shape index (κ2) is 6.33. The average molecular weight is 245 g/mol. The molecular formula is C14H19N3O. The minimum atomic E-state index is 0.0937. The molecule has 0 unspecified atom stereocenters. The van der Waals surface area contributed by atoms with E-state index in [0.29, 0.717) is 0 Å². The molecule has 0 spiro atoms. The Morgan fingerprint density at radius 3 is 2.83 bits per heavy atom. The zero-order valence-corrected chi connectivity index (χ0v) is 10.6. The van der Waals surface area contributed by atoms with Crippen LogP contribution in [0.3, 0.4) is 0 Å². The topological polar surface area (TPSA) is 50.1 Å². The third-order valence-corrected chi connectivity index (χ3v) is 2.91. The lowest BCUT2D eigenvalue weighted by Crippen LogP contribution is -2.16. The number of aromatic nitrogens is 2. The van der Waals surface area contributed by atoms with Gasteiger partial charge in [0.2, 0.25) is 0 Å². The molecular weight excluding hydrogens is 226 g/mol. The van der Waals surface area contributed by atoms with E-state index in [1.54, 1.807) is 0 Å². The molecule has 2 rings (SSSR count). The van der Waals surface area contributed by atoms with Crippen molar-refractivity contribution < 1.29 is 5.11 Å². The van der Waals surface area contributed by atoms with Gasteiger partial charge in [0, 0.05) is 25.8 Å². The summed E-state index contributed by atoms with van der Waals surface area (Å²) in [7, 11) is 0. The molecule has 0 aliphatic carbocycles. The molecule has 2 N–H and O–H groups in total. The zero-order chi connectivity index (χ0) is 12.8. The molecule has 1 heterocycles. The second-order valence-electron chi connectivity index (χ2n) is 4.22. The summed E-state index contributed by atoms with van der Waals surface area (Å²) in [5, 5.41) is 16.7. The van der Waals surface area contributed by atoms with Crippen LogP contribution in [0.4, 0.5) is 0 Å². The van der Waals surface area contributed by atoms with E-state index >= 15 is 0 Å². The summed E-state index contributed by atoms with van der Waals surface area (Å²) in [5.41, 5.74) is 3.33. The number of aliphatic hydroxyl groups is 1. The van der Waals surface area contributed by atoms with E-state index < -0.39 is 0 Å². The summed E-state index contributed by atoms with van der Waals surface area (Å²) < 4.78 is 1.98. The highest BCUT2D eigenvalue weighted by atomic mass is 16.3. The van der Waals surface area contributed by atoms with Crippen LogP contribution in [0.2, 0.25) is 0 Å². The first kappa shape index (κ1) is 12.8. The summed E-state index contributed by atoms with van der Waals surface area (Å²) in [4.78, 5) is 0. The normalized spacial score (nSPS) is 10.8. The second-order valence-corrected chi connectivity index (χ2v) is 4.22. The fourth-order valence-corrected chi connectivity index (χ4v) is 1.97. The minimum Gasteiger partial charge on any atom is -0.392 e. The van der Waals surface area contributed by atoms with Gasteiger partial charge in [-0.05, 0) is 24.1 Å². The van der Waals surface area contributed by atoms with Crippen LogP contribution in [-0.2, 0) is 26.2 Å². The van der Waals surface area contributed by atoms with E-state index in [1.165, 1.54) is 11.3 Å². The largest absolute Gasteiger partial charge is 0.392 e. The van der Waals surface area contributed by atoms with E-state index in [1.807, 2.05) is 35.1 Å². The van der Waals surface area contributed by atoms with Gasteiger partial charge in [-0.15, -0.1) is 0 Å². The number of benzene rings is 1. The minimum absolute atomic E-state index is 0.0937. The Morgan fingerprint density at radius 1 is 1.22 bits per heavy atom. The lowest BCUT2D eigenvalue weighted by atomic mass is 10.1. The van der Waals surface area contributed by atoms with Crippen LogP contribution in [-0.4, -0.2) is 14.9 Å². The number of nitrogens with one attached hydrogen (secondary N) is 1. The van der Waals surface area contributed by atoms with Crippen molar-refractivity contribution in [3.63, 3.8) is 0 Å². The van der Waals surface area contributed by atoms with Crippen LogP contribution in [0.15, 0.2) is 36.5 Å². The first-order valence-electron chi connectivity index (χ1n) is 6.23. The predicted molar refractivity (Wildman–Crippen MR) is 70.8 cm³/mol. The van der Waals surface area contributed by atoms with Crippen LogP contribution in [0.1, 0.15) is 23.7 Å². The smallest absolute Gasteiger partial charge is 0.0681 e. The van der Waals surface area contributed by atoms with E-state index in [2.05, 4.69) is 23.4 Å². The fraction of sp³-hybridized carbons (Fsp3) is 0.357. The molecule has 0 amide bonds. The van der Waals surface area contributed by atoms with Gasteiger partial charge < -0.3 is 10.4 Å². The molecule has 0 atom stereocenters. The Labute approximate surface area is 107 Å². The van der Waals surface area contributed by atoms with Crippen molar-refractivity contribution in [2.75, 3.05) is 0 Å². The SMILES string of the molecule is CCn1nccc1CNCc1cccc(CO)c1. The highest BCUT2D eigenvalue weighted by molar-refractivity contribution is 5.22. The molecule has 2 aromatic rings. The molecule has 96 valence electrons. The predicted octanol–water partition coefficient (Wildman–Crippen LogP) is 1.69. The fourth-order valence-electron chi connectivity index (χ4n) is 1.97. The number of hydrogen-bond acceptors (Lipinski definition) is 3. The van der Waals surface area contributed by atoms with Gasteiger partial charge in [-0.2, -0.15) is 5.10 Å². The standard InChI is InChI=1S/C14H19N3O/c1-2-17-14(6-7-16-17)10-15-9-12-4-3-5-13(8-12)11-18/h3-8,15,18H,2,9-11H2,1H3. The Balaban J connectivity index is 1.88. The van der Waals surface area contributed by atoms with Crippen LogP contribution in [0.25, 0.3) is 0 Å². The van der Waals surface area contributed by atoms with Crippen molar-refractivity contribution >= 4 is 0 Å². The van der Waals surface area contributed by atoms with Crippen molar-refractivity contribution in [1.82, 2.24) is 15.1 Å². The van der Waals surface area contributed by atoms with E-state index in [0.717, 1.165) is 25.2 Å². The number of aliphatic hydroxyl groups excluding tert-OH is 1. The summed E-state index contributed by atoms with van der Waals surface area (Å²) in [6.07, 6.45) is 1.83.